The Morgan fingerprint density at radius 2 is 1.41 bits per heavy atom. The molecule has 6 aromatic rings. The highest BCUT2D eigenvalue weighted by Crippen LogP contribution is 2.66. The number of nitrogens with zero attached hydrogens (tertiary/aromatic N) is 1. The third-order valence-corrected chi connectivity index (χ3v) is 16.3. The van der Waals surface area contributed by atoms with E-state index in [0.29, 0.717) is 5.75 Å². The fourth-order valence-corrected chi connectivity index (χ4v) is 12.8. The van der Waals surface area contributed by atoms with Crippen molar-refractivity contribution < 1.29 is 24.1 Å². The Bertz CT molecular complexity index is 2810. The number of hydrogen-bond donors (Lipinski definition) is 1. The molecule has 0 radical (unpaired) electrons. The minimum absolute atomic E-state index is 0.0951. The van der Waals surface area contributed by atoms with E-state index in [1.807, 2.05) is 26.0 Å². The molecule has 10 rings (SSSR count). The van der Waals surface area contributed by atoms with Gasteiger partial charge in [-0.1, -0.05) is 112 Å². The van der Waals surface area contributed by atoms with Crippen LogP contribution in [0.4, 0.5) is 5.69 Å². The summed E-state index contributed by atoms with van der Waals surface area (Å²) in [4.78, 5) is 4.73. The van der Waals surface area contributed by atoms with Crippen molar-refractivity contribution in [2.75, 3.05) is 44.9 Å². The lowest BCUT2D eigenvalue weighted by molar-refractivity contribution is 0.0412. The van der Waals surface area contributed by atoms with Gasteiger partial charge in [0, 0.05) is 51.2 Å². The molecular formula is C59H65NO5S. The van der Waals surface area contributed by atoms with Crippen LogP contribution in [0, 0.1) is 24.7 Å². The van der Waals surface area contributed by atoms with E-state index in [0.717, 1.165) is 77.6 Å². The van der Waals surface area contributed by atoms with Gasteiger partial charge in [-0.25, -0.2) is 0 Å². The van der Waals surface area contributed by atoms with Gasteiger partial charge in [0.15, 0.2) is 5.60 Å². The number of morpholine rings is 1. The molecule has 342 valence electrons. The molecule has 0 aromatic heterocycles. The van der Waals surface area contributed by atoms with Crippen LogP contribution >= 0.6 is 11.8 Å². The third-order valence-electron chi connectivity index (χ3n) is 14.9. The smallest absolute Gasteiger partial charge is 0.178 e. The fraction of sp³-hybridized carbons (Fsp3) is 0.390. The number of methoxy groups -OCH3 is 1. The molecule has 1 saturated carbocycles. The zero-order valence-electron chi connectivity index (χ0n) is 40.3. The lowest BCUT2D eigenvalue weighted by Crippen LogP contribution is -2.37. The summed E-state index contributed by atoms with van der Waals surface area (Å²) < 4.78 is 26.3. The lowest BCUT2D eigenvalue weighted by Gasteiger charge is -2.43. The van der Waals surface area contributed by atoms with Crippen molar-refractivity contribution in [3.05, 3.63) is 148 Å². The van der Waals surface area contributed by atoms with Gasteiger partial charge in [0.25, 0.3) is 0 Å². The van der Waals surface area contributed by atoms with Gasteiger partial charge < -0.3 is 29.0 Å². The molecule has 4 aliphatic rings. The minimum atomic E-state index is -0.998. The second-order valence-electron chi connectivity index (χ2n) is 21.5. The summed E-state index contributed by atoms with van der Waals surface area (Å²) in [5.74, 6) is 2.39. The molecule has 7 heteroatoms. The summed E-state index contributed by atoms with van der Waals surface area (Å²) >= 11 is 1.80. The van der Waals surface area contributed by atoms with E-state index in [2.05, 4.69) is 150 Å². The molecule has 1 saturated heterocycles. The fourth-order valence-electron chi connectivity index (χ4n) is 11.7. The molecule has 0 bridgehead atoms. The first-order chi connectivity index (χ1) is 31.6. The highest BCUT2D eigenvalue weighted by atomic mass is 32.2. The first-order valence-electron chi connectivity index (χ1n) is 23.8. The summed E-state index contributed by atoms with van der Waals surface area (Å²) in [6.45, 7) is 21.2. The Kier molecular flexibility index (Phi) is 11.2. The second kappa shape index (κ2) is 16.5. The number of fused-ring (bicyclic) bond motifs is 10. The molecule has 66 heavy (non-hydrogen) atoms. The molecule has 1 atom stereocenters. The van der Waals surface area contributed by atoms with Crippen molar-refractivity contribution in [2.45, 2.75) is 107 Å². The molecule has 6 aromatic carbocycles. The molecular weight excluding hydrogens is 835 g/mol. The van der Waals surface area contributed by atoms with E-state index in [4.69, 9.17) is 18.9 Å². The van der Waals surface area contributed by atoms with E-state index in [9.17, 15) is 5.11 Å². The van der Waals surface area contributed by atoms with E-state index >= 15 is 0 Å². The van der Waals surface area contributed by atoms with Gasteiger partial charge in [-0.05, 0) is 145 Å². The van der Waals surface area contributed by atoms with Crippen LogP contribution in [0.2, 0.25) is 0 Å². The predicted octanol–water partition coefficient (Wildman–Crippen LogP) is 13.8. The van der Waals surface area contributed by atoms with Crippen LogP contribution < -0.4 is 19.1 Å². The Morgan fingerprint density at radius 1 is 0.773 bits per heavy atom. The monoisotopic (exact) mass is 899 g/mol. The van der Waals surface area contributed by atoms with Crippen LogP contribution in [0.25, 0.3) is 28.0 Å². The van der Waals surface area contributed by atoms with Gasteiger partial charge in [-0.15, -0.1) is 0 Å². The topological polar surface area (TPSA) is 60.4 Å². The minimum Gasteiger partial charge on any atom is -0.496 e. The van der Waals surface area contributed by atoms with Gasteiger partial charge in [0.2, 0.25) is 0 Å². The summed E-state index contributed by atoms with van der Waals surface area (Å²) in [7, 11) is 1.79. The first kappa shape index (κ1) is 44.6. The van der Waals surface area contributed by atoms with Crippen molar-refractivity contribution in [2.24, 2.45) is 10.8 Å². The summed E-state index contributed by atoms with van der Waals surface area (Å²) in [5, 5.41) is 12.3. The molecule has 2 fully saturated rings. The van der Waals surface area contributed by atoms with Gasteiger partial charge in [-0.2, -0.15) is 0 Å². The lowest BCUT2D eigenvalue weighted by atomic mass is 9.62. The Hall–Kier alpha value is -5.21. The normalized spacial score (nSPS) is 20.3. The number of hydrogen-bond acceptors (Lipinski definition) is 7. The quantitative estimate of drug-likeness (QED) is 0.155. The van der Waals surface area contributed by atoms with Crippen LogP contribution in [0.5, 0.6) is 17.2 Å². The molecule has 1 unspecified atom stereocenters. The molecule has 2 aliphatic carbocycles. The van der Waals surface area contributed by atoms with Gasteiger partial charge in [0.05, 0.1) is 31.8 Å². The predicted molar refractivity (Wildman–Crippen MR) is 271 cm³/mol. The molecule has 6 nitrogen and oxygen atoms in total. The number of ether oxygens (including phenoxy) is 4. The molecule has 1 spiro atoms. The van der Waals surface area contributed by atoms with Crippen molar-refractivity contribution in [3.63, 3.8) is 0 Å². The van der Waals surface area contributed by atoms with Crippen molar-refractivity contribution in [1.82, 2.24) is 0 Å². The first-order valence-corrected chi connectivity index (χ1v) is 24.7. The van der Waals surface area contributed by atoms with Crippen LogP contribution in [-0.4, -0.2) is 50.7 Å². The Morgan fingerprint density at radius 3 is 2.05 bits per heavy atom. The highest BCUT2D eigenvalue weighted by molar-refractivity contribution is 7.99. The van der Waals surface area contributed by atoms with Crippen LogP contribution in [0.3, 0.4) is 0 Å². The molecule has 2 aliphatic heterocycles. The van der Waals surface area contributed by atoms with Crippen LogP contribution in [0.15, 0.2) is 119 Å². The average Bonchev–Trinajstić information content (AvgIpc) is 3.52. The Labute approximate surface area is 396 Å². The standard InChI is InChI=1S/C59H65NO5S/c1-38-13-12-14-39(2)54(38)66-50-34-46-47(33-49(50)62-9)53-45(52-51(46)44-15-10-11-16-48(44)58(52)35-55(3,4)27-28-56(5,6)36-58)25-26-59(65-53,41-19-23-43(24-20-41)64-57(7,8)37-61)40-17-21-42(22-18-40)60-29-31-63-32-30-60/h10-26,33-34,61H,27-32,35-37H2,1-9H3. The van der Waals surface area contributed by atoms with Gasteiger partial charge in [-0.3, -0.25) is 0 Å². The number of benzene rings is 6. The number of aliphatic hydroxyl groups is 1. The Balaban J connectivity index is 1.26. The molecule has 2 heterocycles. The van der Waals surface area contributed by atoms with Crippen molar-refractivity contribution in [1.29, 1.82) is 0 Å². The average molecular weight is 900 g/mol. The zero-order chi connectivity index (χ0) is 46.2. The van der Waals surface area contributed by atoms with Gasteiger partial charge in [0.1, 0.15) is 22.8 Å². The van der Waals surface area contributed by atoms with Gasteiger partial charge >= 0.3 is 0 Å². The summed E-state index contributed by atoms with van der Waals surface area (Å²) in [6.07, 6.45) is 9.14. The van der Waals surface area contributed by atoms with E-state index < -0.39 is 11.2 Å². The third kappa shape index (κ3) is 7.69. The van der Waals surface area contributed by atoms with Crippen LogP contribution in [-0.2, 0) is 15.8 Å². The largest absolute Gasteiger partial charge is 0.496 e. The maximum atomic E-state index is 10.1. The highest BCUT2D eigenvalue weighted by Gasteiger charge is 2.54. The van der Waals surface area contributed by atoms with Crippen LogP contribution in [0.1, 0.15) is 106 Å². The van der Waals surface area contributed by atoms with Crippen molar-refractivity contribution >= 4 is 34.3 Å². The summed E-state index contributed by atoms with van der Waals surface area (Å²) in [6, 6.07) is 37.7. The number of rotatable bonds is 9. The zero-order valence-corrected chi connectivity index (χ0v) is 41.1. The number of aliphatic hydroxyl groups excluding tert-OH is 1. The maximum absolute atomic E-state index is 10.1. The SMILES string of the molecule is COc1cc2c3c(c4c(c2cc1Sc1c(C)cccc1C)-c1ccccc1C41CC(C)(C)CCC(C)(C)C1)C=CC(c1ccc(OC(C)(C)CO)cc1)(c1ccc(N2CCOCC2)cc1)O3. The maximum Gasteiger partial charge on any atom is 0.178 e. The summed E-state index contributed by atoms with van der Waals surface area (Å²) in [5.41, 5.74) is 10.6. The molecule has 0 amide bonds. The second-order valence-corrected chi connectivity index (χ2v) is 22.6. The van der Waals surface area contributed by atoms with E-state index in [1.165, 1.54) is 62.2 Å². The van der Waals surface area contributed by atoms with E-state index in [-0.39, 0.29) is 22.9 Å². The number of aryl methyl sites for hydroxylation is 2. The molecule has 1 N–H and O–H groups in total. The number of anilines is 1. The van der Waals surface area contributed by atoms with Crippen molar-refractivity contribution in [3.8, 4) is 28.4 Å². The van der Waals surface area contributed by atoms with E-state index in [1.54, 1.807) is 18.9 Å².